The van der Waals surface area contributed by atoms with E-state index in [2.05, 4.69) is 64.8 Å². The molecule has 1 aliphatic heterocycles. The van der Waals surface area contributed by atoms with E-state index in [1.807, 2.05) is 11.0 Å². The number of urea groups is 1. The lowest BCUT2D eigenvalue weighted by atomic mass is 9.95. The second-order valence-corrected chi connectivity index (χ2v) is 10.4. The van der Waals surface area contributed by atoms with Crippen molar-refractivity contribution in [1.82, 2.24) is 30.4 Å². The van der Waals surface area contributed by atoms with E-state index in [0.29, 0.717) is 17.8 Å². The van der Waals surface area contributed by atoms with Crippen LogP contribution in [0.4, 0.5) is 16.4 Å². The molecule has 0 radical (unpaired) electrons. The van der Waals surface area contributed by atoms with Gasteiger partial charge in [0.1, 0.15) is 0 Å². The summed E-state index contributed by atoms with van der Waals surface area (Å²) in [7, 11) is 0. The Morgan fingerprint density at radius 1 is 1.22 bits per heavy atom. The molecule has 1 fully saturated rings. The first-order valence-electron chi connectivity index (χ1n) is 13.3. The largest absolute Gasteiger partial charge is 0.331 e. The van der Waals surface area contributed by atoms with Crippen LogP contribution in [0, 0.1) is 11.8 Å². The number of hydrogen-bond acceptors (Lipinski definition) is 5. The van der Waals surface area contributed by atoms with Gasteiger partial charge in [0, 0.05) is 24.8 Å². The molecular weight excluding hydrogens is 450 g/mol. The molecule has 1 aromatic carbocycles. The summed E-state index contributed by atoms with van der Waals surface area (Å²) >= 11 is 0. The van der Waals surface area contributed by atoms with Crippen LogP contribution in [0.2, 0.25) is 0 Å². The number of aryl methyl sites for hydroxylation is 2. The maximum Gasteiger partial charge on any atom is 0.317 e. The predicted molar refractivity (Wildman–Crippen MR) is 142 cm³/mol. The number of amides is 2. The van der Waals surface area contributed by atoms with Gasteiger partial charge in [-0.15, -0.1) is 0 Å². The van der Waals surface area contributed by atoms with Gasteiger partial charge in [-0.3, -0.25) is 5.10 Å². The molecule has 36 heavy (non-hydrogen) atoms. The summed E-state index contributed by atoms with van der Waals surface area (Å²) in [6, 6.07) is 8.62. The minimum atomic E-state index is 0.0540. The Kier molecular flexibility index (Phi) is 7.20. The van der Waals surface area contributed by atoms with Crippen LogP contribution < -0.4 is 10.6 Å². The number of carbonyl (C=O) groups is 1. The molecule has 0 bridgehead atoms. The van der Waals surface area contributed by atoms with Crippen LogP contribution in [-0.4, -0.2) is 44.2 Å². The Bertz CT molecular complexity index is 1200. The predicted octanol–water partition coefficient (Wildman–Crippen LogP) is 5.63. The maximum absolute atomic E-state index is 13.1. The van der Waals surface area contributed by atoms with E-state index in [0.717, 1.165) is 74.3 Å². The zero-order valence-electron chi connectivity index (χ0n) is 21.6. The highest BCUT2D eigenvalue weighted by Gasteiger charge is 2.30. The van der Waals surface area contributed by atoms with Crippen molar-refractivity contribution in [3.63, 3.8) is 0 Å². The molecule has 0 saturated carbocycles. The Hall–Kier alpha value is -3.42. The number of hydrogen-bond donors (Lipinski definition) is 3. The molecule has 2 atom stereocenters. The average Bonchev–Trinajstić information content (AvgIpc) is 3.51. The van der Waals surface area contributed by atoms with Crippen LogP contribution in [-0.2, 0) is 12.8 Å². The normalized spacial score (nSPS) is 19.7. The Morgan fingerprint density at radius 2 is 2.11 bits per heavy atom. The number of aromatic nitrogens is 4. The first kappa shape index (κ1) is 24.3. The molecule has 3 N–H and O–H groups in total. The van der Waals surface area contributed by atoms with Gasteiger partial charge in [-0.05, 0) is 67.2 Å². The minimum absolute atomic E-state index is 0.0540. The van der Waals surface area contributed by atoms with Gasteiger partial charge in [-0.25, -0.2) is 14.8 Å². The number of aromatic amines is 1. The molecule has 2 amide bonds. The Balaban J connectivity index is 1.33. The van der Waals surface area contributed by atoms with Gasteiger partial charge < -0.3 is 15.5 Å². The van der Waals surface area contributed by atoms with Gasteiger partial charge in [-0.1, -0.05) is 39.3 Å². The SMILES string of the molecule is CCc1[nH]ncc1Nc1nccc(-c2ccc3c(c2)CCCCC3NC(=O)N2CCC(C(C)C)C2)n1. The number of likely N-dealkylation sites (tertiary alicyclic amines) is 1. The molecule has 1 aliphatic carbocycles. The molecule has 2 aliphatic rings. The zero-order valence-corrected chi connectivity index (χ0v) is 21.6. The molecule has 8 nitrogen and oxygen atoms in total. The molecule has 8 heteroatoms. The lowest BCUT2D eigenvalue weighted by Gasteiger charge is -2.25. The standard InChI is InChI=1S/C28H37N7O/c1-4-23-26(16-30-34-23)32-27-29-13-11-24(31-27)20-9-10-22-19(15-20)7-5-6-8-25(22)33-28(36)35-14-12-21(17-35)18(2)3/h9-11,13,15-16,18,21,25H,4-8,12,14,17H2,1-3H3,(H,30,34)(H,33,36)(H,29,31,32). The van der Waals surface area contributed by atoms with E-state index in [1.54, 1.807) is 12.4 Å². The van der Waals surface area contributed by atoms with Gasteiger partial charge in [0.05, 0.1) is 29.3 Å². The van der Waals surface area contributed by atoms with Crippen LogP contribution in [0.1, 0.15) is 69.3 Å². The van der Waals surface area contributed by atoms with Crippen LogP contribution in [0.3, 0.4) is 0 Å². The highest BCUT2D eigenvalue weighted by molar-refractivity contribution is 5.75. The molecule has 5 rings (SSSR count). The number of anilines is 2. The Morgan fingerprint density at radius 3 is 2.92 bits per heavy atom. The summed E-state index contributed by atoms with van der Waals surface area (Å²) in [5.41, 5.74) is 6.39. The van der Waals surface area contributed by atoms with E-state index in [-0.39, 0.29) is 12.1 Å². The third kappa shape index (κ3) is 5.22. The first-order chi connectivity index (χ1) is 17.5. The van der Waals surface area contributed by atoms with E-state index in [4.69, 9.17) is 4.98 Å². The number of nitrogens with zero attached hydrogens (tertiary/aromatic N) is 4. The lowest BCUT2D eigenvalue weighted by Crippen LogP contribution is -2.40. The van der Waals surface area contributed by atoms with E-state index >= 15 is 0 Å². The Labute approximate surface area is 213 Å². The number of carbonyl (C=O) groups excluding carboxylic acids is 1. The smallest absolute Gasteiger partial charge is 0.317 e. The van der Waals surface area contributed by atoms with Gasteiger partial charge in [0.15, 0.2) is 0 Å². The molecule has 0 spiro atoms. The van der Waals surface area contributed by atoms with Crippen LogP contribution in [0.5, 0.6) is 0 Å². The van der Waals surface area contributed by atoms with Crippen molar-refractivity contribution in [2.24, 2.45) is 11.8 Å². The highest BCUT2D eigenvalue weighted by Crippen LogP contribution is 2.33. The average molecular weight is 488 g/mol. The summed E-state index contributed by atoms with van der Waals surface area (Å²) in [6.45, 7) is 8.30. The van der Waals surface area contributed by atoms with Crippen molar-refractivity contribution >= 4 is 17.7 Å². The quantitative estimate of drug-likeness (QED) is 0.392. The number of fused-ring (bicyclic) bond motifs is 1. The van der Waals surface area contributed by atoms with Crippen molar-refractivity contribution in [2.45, 2.75) is 65.3 Å². The molecule has 1 saturated heterocycles. The van der Waals surface area contributed by atoms with Crippen molar-refractivity contribution < 1.29 is 4.79 Å². The van der Waals surface area contributed by atoms with E-state index in [9.17, 15) is 4.79 Å². The fraction of sp³-hybridized carbons (Fsp3) is 0.500. The summed E-state index contributed by atoms with van der Waals surface area (Å²) < 4.78 is 0. The van der Waals surface area contributed by atoms with Crippen molar-refractivity contribution in [1.29, 1.82) is 0 Å². The summed E-state index contributed by atoms with van der Waals surface area (Å²) in [6.07, 6.45) is 9.72. The molecular formula is C28H37N7O. The molecule has 2 aromatic heterocycles. The second-order valence-electron chi connectivity index (χ2n) is 10.4. The first-order valence-corrected chi connectivity index (χ1v) is 13.3. The lowest BCUT2D eigenvalue weighted by molar-refractivity contribution is 0.200. The van der Waals surface area contributed by atoms with E-state index in [1.165, 1.54) is 11.1 Å². The number of H-pyrrole nitrogens is 1. The van der Waals surface area contributed by atoms with Crippen molar-refractivity contribution in [3.8, 4) is 11.3 Å². The molecule has 190 valence electrons. The van der Waals surface area contributed by atoms with Crippen LogP contribution in [0.15, 0.2) is 36.7 Å². The maximum atomic E-state index is 13.1. The third-order valence-corrected chi connectivity index (χ3v) is 7.73. The fourth-order valence-corrected chi connectivity index (χ4v) is 5.44. The van der Waals surface area contributed by atoms with Gasteiger partial charge in [0.2, 0.25) is 5.95 Å². The van der Waals surface area contributed by atoms with Crippen molar-refractivity contribution in [2.75, 3.05) is 18.4 Å². The number of rotatable bonds is 6. The van der Waals surface area contributed by atoms with Crippen LogP contribution >= 0.6 is 0 Å². The van der Waals surface area contributed by atoms with Gasteiger partial charge in [-0.2, -0.15) is 5.10 Å². The highest BCUT2D eigenvalue weighted by atomic mass is 16.2. The van der Waals surface area contributed by atoms with Crippen molar-refractivity contribution in [3.05, 3.63) is 53.5 Å². The van der Waals surface area contributed by atoms with E-state index < -0.39 is 0 Å². The van der Waals surface area contributed by atoms with Gasteiger partial charge >= 0.3 is 6.03 Å². The molecule has 3 heterocycles. The molecule has 3 aromatic rings. The summed E-state index contributed by atoms with van der Waals surface area (Å²) in [4.78, 5) is 24.3. The second kappa shape index (κ2) is 10.7. The minimum Gasteiger partial charge on any atom is -0.331 e. The van der Waals surface area contributed by atoms with Crippen LogP contribution in [0.25, 0.3) is 11.3 Å². The fourth-order valence-electron chi connectivity index (χ4n) is 5.44. The third-order valence-electron chi connectivity index (χ3n) is 7.73. The zero-order chi connectivity index (χ0) is 25.1. The number of nitrogens with one attached hydrogen (secondary N) is 3. The topological polar surface area (TPSA) is 98.8 Å². The van der Waals surface area contributed by atoms with Gasteiger partial charge in [0.25, 0.3) is 0 Å². The summed E-state index contributed by atoms with van der Waals surface area (Å²) in [5.74, 6) is 1.77. The summed E-state index contributed by atoms with van der Waals surface area (Å²) in [5, 5.41) is 13.8. The number of benzene rings is 1. The molecule has 2 unspecified atom stereocenters. The monoisotopic (exact) mass is 487 g/mol.